The second-order valence-corrected chi connectivity index (χ2v) is 5.59. The smallest absolute Gasteiger partial charge is 0.327 e. The van der Waals surface area contributed by atoms with Gasteiger partial charge in [0.05, 0.1) is 5.92 Å². The minimum absolute atomic E-state index is 0.0194. The highest BCUT2D eigenvalue weighted by Gasteiger charge is 2.31. The number of nitrogens with zero attached hydrogens (tertiary/aromatic N) is 1. The van der Waals surface area contributed by atoms with Crippen molar-refractivity contribution in [2.45, 2.75) is 39.2 Å². The summed E-state index contributed by atoms with van der Waals surface area (Å²) in [6.07, 6.45) is 6.43. The van der Waals surface area contributed by atoms with E-state index in [9.17, 15) is 14.4 Å². The van der Waals surface area contributed by atoms with Gasteiger partial charge in [-0.1, -0.05) is 13.8 Å². The monoisotopic (exact) mass is 294 g/mol. The minimum atomic E-state index is -1.15. The van der Waals surface area contributed by atoms with Gasteiger partial charge >= 0.3 is 5.97 Å². The molecular formula is C15H22N2O4. The van der Waals surface area contributed by atoms with Crippen molar-refractivity contribution < 1.29 is 19.5 Å². The van der Waals surface area contributed by atoms with Crippen LogP contribution in [0.1, 0.15) is 33.1 Å². The number of hydrogen-bond acceptors (Lipinski definition) is 3. The van der Waals surface area contributed by atoms with Crippen LogP contribution in [0.15, 0.2) is 0 Å². The topological polar surface area (TPSA) is 86.7 Å². The predicted molar refractivity (Wildman–Crippen MR) is 77.2 cm³/mol. The Hall–Kier alpha value is -2.03. The van der Waals surface area contributed by atoms with Crippen molar-refractivity contribution in [1.29, 1.82) is 0 Å². The fraction of sp³-hybridized carbons (Fsp3) is 0.667. The molecule has 0 bridgehead atoms. The van der Waals surface area contributed by atoms with Crippen molar-refractivity contribution >= 4 is 17.8 Å². The van der Waals surface area contributed by atoms with Crippen LogP contribution in [-0.2, 0) is 14.4 Å². The fourth-order valence-corrected chi connectivity index (χ4v) is 2.36. The number of carboxylic acids is 1. The molecule has 6 heteroatoms. The Balaban J connectivity index is 2.63. The van der Waals surface area contributed by atoms with Crippen molar-refractivity contribution in [1.82, 2.24) is 10.2 Å². The van der Waals surface area contributed by atoms with Crippen LogP contribution in [0.5, 0.6) is 0 Å². The molecular weight excluding hydrogens is 272 g/mol. The summed E-state index contributed by atoms with van der Waals surface area (Å²) in [6, 6.07) is -1.07. The largest absolute Gasteiger partial charge is 0.480 e. The Kier molecular flexibility index (Phi) is 6.22. The summed E-state index contributed by atoms with van der Waals surface area (Å²) in [5.74, 6) is 0.279. The number of piperidine rings is 1. The van der Waals surface area contributed by atoms with Crippen LogP contribution in [0, 0.1) is 24.2 Å². The Bertz CT molecular complexity index is 453. The fourth-order valence-electron chi connectivity index (χ4n) is 2.36. The first-order chi connectivity index (χ1) is 9.86. The number of carbonyl (C=O) groups excluding carboxylic acids is 2. The summed E-state index contributed by atoms with van der Waals surface area (Å²) in [5.41, 5.74) is 0. The van der Waals surface area contributed by atoms with Crippen LogP contribution in [0.2, 0.25) is 0 Å². The molecule has 6 nitrogen and oxygen atoms in total. The molecule has 1 rings (SSSR count). The third kappa shape index (κ3) is 4.78. The van der Waals surface area contributed by atoms with Gasteiger partial charge in [0, 0.05) is 25.4 Å². The van der Waals surface area contributed by atoms with Gasteiger partial charge in [0.1, 0.15) is 6.04 Å². The molecule has 2 unspecified atom stereocenters. The number of hydrogen-bond donors (Lipinski definition) is 2. The van der Waals surface area contributed by atoms with Crippen molar-refractivity contribution in [3.8, 4) is 12.3 Å². The Morgan fingerprint density at radius 1 is 1.43 bits per heavy atom. The number of rotatable bonds is 5. The molecule has 1 aliphatic rings. The third-order valence-electron chi connectivity index (χ3n) is 3.53. The zero-order valence-corrected chi connectivity index (χ0v) is 12.5. The number of amides is 2. The van der Waals surface area contributed by atoms with E-state index < -0.39 is 12.0 Å². The van der Waals surface area contributed by atoms with Gasteiger partial charge in [-0.3, -0.25) is 9.59 Å². The average molecular weight is 294 g/mol. The molecule has 2 N–H and O–H groups in total. The molecule has 116 valence electrons. The number of nitrogens with one attached hydrogen (secondary N) is 1. The number of aliphatic carboxylic acids is 1. The third-order valence-corrected chi connectivity index (χ3v) is 3.53. The molecule has 0 aromatic rings. The van der Waals surface area contributed by atoms with Gasteiger partial charge in [-0.05, 0) is 12.8 Å². The molecule has 1 aliphatic heterocycles. The molecule has 0 aromatic heterocycles. The van der Waals surface area contributed by atoms with E-state index >= 15 is 0 Å². The van der Waals surface area contributed by atoms with E-state index in [4.69, 9.17) is 11.5 Å². The second-order valence-electron chi connectivity index (χ2n) is 5.59. The van der Waals surface area contributed by atoms with E-state index in [0.29, 0.717) is 19.5 Å². The van der Waals surface area contributed by atoms with Gasteiger partial charge in [0.2, 0.25) is 11.8 Å². The number of likely N-dealkylation sites (tertiary alicyclic amines) is 1. The van der Waals surface area contributed by atoms with E-state index in [-0.39, 0.29) is 30.1 Å². The lowest BCUT2D eigenvalue weighted by Crippen LogP contribution is -2.50. The van der Waals surface area contributed by atoms with Crippen LogP contribution in [0.3, 0.4) is 0 Å². The molecule has 1 saturated heterocycles. The summed E-state index contributed by atoms with van der Waals surface area (Å²) < 4.78 is 0. The average Bonchev–Trinajstić information content (AvgIpc) is 2.45. The maximum atomic E-state index is 12.1. The lowest BCUT2D eigenvalue weighted by molar-refractivity contribution is -0.144. The molecule has 1 fully saturated rings. The first-order valence-corrected chi connectivity index (χ1v) is 7.12. The predicted octanol–water partition coefficient (Wildman–Crippen LogP) is 0.474. The molecule has 2 amide bonds. The summed E-state index contributed by atoms with van der Waals surface area (Å²) in [4.78, 5) is 36.8. The molecule has 0 aliphatic carbocycles. The van der Waals surface area contributed by atoms with Crippen molar-refractivity contribution in [3.05, 3.63) is 0 Å². The van der Waals surface area contributed by atoms with Crippen molar-refractivity contribution in [2.75, 3.05) is 13.1 Å². The zero-order chi connectivity index (χ0) is 16.0. The minimum Gasteiger partial charge on any atom is -0.480 e. The van der Waals surface area contributed by atoms with Crippen LogP contribution >= 0.6 is 0 Å². The van der Waals surface area contributed by atoms with Crippen LogP contribution in [0.25, 0.3) is 0 Å². The van der Waals surface area contributed by atoms with Crippen molar-refractivity contribution in [2.24, 2.45) is 11.8 Å². The first-order valence-electron chi connectivity index (χ1n) is 7.12. The van der Waals surface area contributed by atoms with Gasteiger partial charge < -0.3 is 15.3 Å². The van der Waals surface area contributed by atoms with Gasteiger partial charge in [-0.2, -0.15) is 0 Å². The van der Waals surface area contributed by atoms with E-state index in [1.807, 2.05) is 13.8 Å². The van der Waals surface area contributed by atoms with Crippen LogP contribution < -0.4 is 5.32 Å². The normalized spacial score (nSPS) is 19.7. The molecule has 21 heavy (non-hydrogen) atoms. The zero-order valence-electron chi connectivity index (χ0n) is 12.5. The van der Waals surface area contributed by atoms with Crippen LogP contribution in [-0.4, -0.2) is 46.9 Å². The van der Waals surface area contributed by atoms with E-state index in [0.717, 1.165) is 6.42 Å². The SMILES string of the molecule is C#CCC(NC(=O)C1CCCN(C(=O)C(C)C)C1)C(=O)O. The Morgan fingerprint density at radius 3 is 2.62 bits per heavy atom. The highest BCUT2D eigenvalue weighted by molar-refractivity contribution is 5.86. The standard InChI is InChI=1S/C15H22N2O4/c1-4-6-12(15(20)21)16-13(18)11-7-5-8-17(9-11)14(19)10(2)3/h1,10-12H,5-9H2,2-3H3,(H,16,18)(H,20,21). The lowest BCUT2D eigenvalue weighted by atomic mass is 9.95. The summed E-state index contributed by atoms with van der Waals surface area (Å²) in [6.45, 7) is 4.62. The van der Waals surface area contributed by atoms with Gasteiger partial charge in [-0.15, -0.1) is 12.3 Å². The summed E-state index contributed by atoms with van der Waals surface area (Å²) in [5, 5.41) is 11.4. The first kappa shape index (κ1) is 17.0. The number of terminal acetylenes is 1. The summed E-state index contributed by atoms with van der Waals surface area (Å²) in [7, 11) is 0. The van der Waals surface area contributed by atoms with Gasteiger partial charge in [0.15, 0.2) is 0 Å². The molecule has 1 heterocycles. The molecule has 2 atom stereocenters. The number of carboxylic acid groups (broad SMARTS) is 1. The van der Waals surface area contributed by atoms with E-state index in [2.05, 4.69) is 11.2 Å². The lowest BCUT2D eigenvalue weighted by Gasteiger charge is -2.33. The Morgan fingerprint density at radius 2 is 2.10 bits per heavy atom. The number of carbonyl (C=O) groups is 3. The van der Waals surface area contributed by atoms with E-state index in [1.165, 1.54) is 0 Å². The molecule has 0 spiro atoms. The highest BCUT2D eigenvalue weighted by atomic mass is 16.4. The molecule has 0 aromatic carbocycles. The molecule has 0 radical (unpaired) electrons. The maximum Gasteiger partial charge on any atom is 0.327 e. The quantitative estimate of drug-likeness (QED) is 0.722. The summed E-state index contributed by atoms with van der Waals surface area (Å²) >= 11 is 0. The molecule has 0 saturated carbocycles. The van der Waals surface area contributed by atoms with E-state index in [1.54, 1.807) is 4.90 Å². The van der Waals surface area contributed by atoms with Gasteiger partial charge in [-0.25, -0.2) is 4.79 Å². The maximum absolute atomic E-state index is 12.1. The van der Waals surface area contributed by atoms with Gasteiger partial charge in [0.25, 0.3) is 0 Å². The Labute approximate surface area is 124 Å². The highest BCUT2D eigenvalue weighted by Crippen LogP contribution is 2.18. The van der Waals surface area contributed by atoms with Crippen molar-refractivity contribution in [3.63, 3.8) is 0 Å². The second kappa shape index (κ2) is 7.67. The van der Waals surface area contributed by atoms with Crippen LogP contribution in [0.4, 0.5) is 0 Å².